The van der Waals surface area contributed by atoms with Gasteiger partial charge in [0, 0.05) is 5.69 Å². The van der Waals surface area contributed by atoms with E-state index in [9.17, 15) is 17.6 Å². The van der Waals surface area contributed by atoms with E-state index in [0.717, 1.165) is 12.1 Å². The van der Waals surface area contributed by atoms with Gasteiger partial charge in [-0.2, -0.15) is 8.78 Å². The second kappa shape index (κ2) is 4.36. The van der Waals surface area contributed by atoms with Crippen LogP contribution in [0, 0.1) is 0 Å². The minimum Gasteiger partial charge on any atom is -0.409 e. The van der Waals surface area contributed by atoms with Gasteiger partial charge in [0.2, 0.25) is 0 Å². The van der Waals surface area contributed by atoms with Crippen LogP contribution in [0.25, 0.3) is 11.1 Å². The standard InChI is InChI=1S/C14H9F4NO2/c15-13(16)11-7-9(8-1-4-10(19)5-2-8)3-6-12(11)20-14(17,18)21-13/h1-7H,19H2. The highest BCUT2D eigenvalue weighted by molar-refractivity contribution is 5.67. The average Bonchev–Trinajstić information content (AvgIpc) is 2.37. The molecular formula is C14H9F4NO2. The number of nitrogen functional groups attached to an aromatic ring is 1. The van der Waals surface area contributed by atoms with Crippen molar-refractivity contribution in [1.82, 2.24) is 0 Å². The molecule has 2 aromatic rings. The Labute approximate surface area is 116 Å². The van der Waals surface area contributed by atoms with Crippen LogP contribution in [-0.4, -0.2) is 6.29 Å². The molecule has 0 aliphatic carbocycles. The predicted molar refractivity (Wildman–Crippen MR) is 66.8 cm³/mol. The molecule has 21 heavy (non-hydrogen) atoms. The molecule has 0 saturated carbocycles. The first-order valence-electron chi connectivity index (χ1n) is 5.92. The molecule has 0 spiro atoms. The minimum atomic E-state index is -4.36. The summed E-state index contributed by atoms with van der Waals surface area (Å²) in [5, 5.41) is 0. The van der Waals surface area contributed by atoms with Gasteiger partial charge in [-0.1, -0.05) is 18.2 Å². The largest absolute Gasteiger partial charge is 0.540 e. The molecule has 0 amide bonds. The van der Waals surface area contributed by atoms with Crippen molar-refractivity contribution in [3.05, 3.63) is 48.0 Å². The summed E-state index contributed by atoms with van der Waals surface area (Å²) < 4.78 is 60.6. The van der Waals surface area contributed by atoms with Crippen molar-refractivity contribution in [3.63, 3.8) is 0 Å². The van der Waals surface area contributed by atoms with Crippen molar-refractivity contribution in [3.8, 4) is 16.9 Å². The normalized spacial score (nSPS) is 18.7. The molecule has 1 aliphatic heterocycles. The smallest absolute Gasteiger partial charge is 0.409 e. The fourth-order valence-corrected chi connectivity index (χ4v) is 2.05. The number of hydrogen-bond donors (Lipinski definition) is 1. The maximum atomic E-state index is 13.7. The fraction of sp³-hybridized carbons (Fsp3) is 0.143. The highest BCUT2D eigenvalue weighted by Gasteiger charge is 2.54. The zero-order chi connectivity index (χ0) is 15.3. The fourth-order valence-electron chi connectivity index (χ4n) is 2.05. The van der Waals surface area contributed by atoms with Crippen LogP contribution in [0.3, 0.4) is 0 Å². The van der Waals surface area contributed by atoms with Crippen molar-refractivity contribution >= 4 is 5.69 Å². The third kappa shape index (κ3) is 2.52. The molecule has 1 aliphatic rings. The van der Waals surface area contributed by atoms with Crippen molar-refractivity contribution in [2.75, 3.05) is 5.73 Å². The first-order chi connectivity index (χ1) is 9.77. The Morgan fingerprint density at radius 2 is 1.48 bits per heavy atom. The summed E-state index contributed by atoms with van der Waals surface area (Å²) in [6.45, 7) is 0. The van der Waals surface area contributed by atoms with E-state index in [4.69, 9.17) is 5.73 Å². The highest BCUT2D eigenvalue weighted by atomic mass is 19.3. The van der Waals surface area contributed by atoms with Crippen LogP contribution >= 0.6 is 0 Å². The van der Waals surface area contributed by atoms with E-state index in [-0.39, 0.29) is 0 Å². The lowest BCUT2D eigenvalue weighted by Gasteiger charge is -2.30. The molecule has 0 aromatic heterocycles. The van der Waals surface area contributed by atoms with Crippen LogP contribution in [0.2, 0.25) is 0 Å². The summed E-state index contributed by atoms with van der Waals surface area (Å²) in [5.74, 6) is -0.615. The van der Waals surface area contributed by atoms with Gasteiger partial charge in [-0.15, -0.1) is 8.78 Å². The number of fused-ring (bicyclic) bond motifs is 1. The molecule has 2 aromatic carbocycles. The topological polar surface area (TPSA) is 44.5 Å². The van der Waals surface area contributed by atoms with Crippen LogP contribution in [-0.2, 0) is 10.8 Å². The van der Waals surface area contributed by atoms with Crippen LogP contribution < -0.4 is 10.5 Å². The van der Waals surface area contributed by atoms with Gasteiger partial charge in [0.25, 0.3) is 0 Å². The van der Waals surface area contributed by atoms with Gasteiger partial charge in [-0.25, -0.2) is 4.74 Å². The van der Waals surface area contributed by atoms with Crippen LogP contribution in [0.4, 0.5) is 23.2 Å². The van der Waals surface area contributed by atoms with E-state index < -0.39 is 23.7 Å². The molecule has 0 unspecified atom stereocenters. The highest BCUT2D eigenvalue weighted by Crippen LogP contribution is 2.47. The summed E-state index contributed by atoms with van der Waals surface area (Å²) >= 11 is 0. The molecular weight excluding hydrogens is 290 g/mol. The molecule has 3 rings (SSSR count). The summed E-state index contributed by atoms with van der Waals surface area (Å²) in [5.41, 5.74) is 6.34. The molecule has 7 heteroatoms. The SMILES string of the molecule is Nc1ccc(-c2ccc3c(c2)C(F)(F)OC(F)(F)O3)cc1. The monoisotopic (exact) mass is 299 g/mol. The van der Waals surface area contributed by atoms with E-state index in [1.807, 2.05) is 0 Å². The second-order valence-electron chi connectivity index (χ2n) is 4.52. The zero-order valence-electron chi connectivity index (χ0n) is 10.4. The molecule has 1 heterocycles. The van der Waals surface area contributed by atoms with E-state index in [2.05, 4.69) is 9.47 Å². The van der Waals surface area contributed by atoms with Gasteiger partial charge in [-0.05, 0) is 35.4 Å². The first-order valence-corrected chi connectivity index (χ1v) is 5.92. The third-order valence-corrected chi connectivity index (χ3v) is 3.01. The molecule has 0 fully saturated rings. The molecule has 0 atom stereocenters. The second-order valence-corrected chi connectivity index (χ2v) is 4.52. The van der Waals surface area contributed by atoms with Crippen molar-refractivity contribution < 1.29 is 27.0 Å². The van der Waals surface area contributed by atoms with Gasteiger partial charge >= 0.3 is 12.4 Å². The zero-order valence-corrected chi connectivity index (χ0v) is 10.4. The van der Waals surface area contributed by atoms with Gasteiger partial charge in [0.1, 0.15) is 5.75 Å². The lowest BCUT2D eigenvalue weighted by atomic mass is 10.0. The van der Waals surface area contributed by atoms with Gasteiger partial charge in [-0.3, -0.25) is 0 Å². The molecule has 0 saturated heterocycles. The Hall–Kier alpha value is -2.28. The number of alkyl halides is 4. The van der Waals surface area contributed by atoms with Gasteiger partial charge in [0.05, 0.1) is 5.56 Å². The van der Waals surface area contributed by atoms with Crippen LogP contribution in [0.15, 0.2) is 42.5 Å². The van der Waals surface area contributed by atoms with Crippen molar-refractivity contribution in [2.45, 2.75) is 12.4 Å². The number of halogens is 4. The Morgan fingerprint density at radius 1 is 0.857 bits per heavy atom. The molecule has 110 valence electrons. The van der Waals surface area contributed by atoms with E-state index in [1.165, 1.54) is 6.07 Å². The lowest BCUT2D eigenvalue weighted by molar-refractivity contribution is -0.461. The van der Waals surface area contributed by atoms with E-state index in [1.54, 1.807) is 24.3 Å². The Kier molecular flexibility index (Phi) is 2.84. The van der Waals surface area contributed by atoms with E-state index in [0.29, 0.717) is 16.8 Å². The first kappa shape index (κ1) is 13.7. The maximum absolute atomic E-state index is 13.7. The number of hydrogen-bond acceptors (Lipinski definition) is 3. The maximum Gasteiger partial charge on any atom is 0.540 e. The quantitative estimate of drug-likeness (QED) is 0.640. The van der Waals surface area contributed by atoms with E-state index >= 15 is 0 Å². The summed E-state index contributed by atoms with van der Waals surface area (Å²) in [6, 6.07) is 9.99. The van der Waals surface area contributed by atoms with Crippen molar-refractivity contribution in [2.24, 2.45) is 0 Å². The number of nitrogens with two attached hydrogens (primary N) is 1. The molecule has 0 radical (unpaired) electrons. The number of rotatable bonds is 1. The number of anilines is 1. The summed E-state index contributed by atoms with van der Waals surface area (Å²) in [6.07, 6.45) is -8.50. The lowest BCUT2D eigenvalue weighted by Crippen LogP contribution is -2.41. The Bertz CT molecular complexity index is 686. The minimum absolute atomic E-state index is 0.408. The third-order valence-electron chi connectivity index (χ3n) is 3.01. The average molecular weight is 299 g/mol. The Balaban J connectivity index is 2.07. The number of ether oxygens (including phenoxy) is 2. The molecule has 3 nitrogen and oxygen atoms in total. The molecule has 2 N–H and O–H groups in total. The van der Waals surface area contributed by atoms with Gasteiger partial charge < -0.3 is 10.5 Å². The predicted octanol–water partition coefficient (Wildman–Crippen LogP) is 3.94. The van der Waals surface area contributed by atoms with Crippen molar-refractivity contribution in [1.29, 1.82) is 0 Å². The van der Waals surface area contributed by atoms with Gasteiger partial charge in [0.15, 0.2) is 0 Å². The summed E-state index contributed by atoms with van der Waals surface area (Å²) in [7, 11) is 0. The molecule has 0 bridgehead atoms. The van der Waals surface area contributed by atoms with Crippen LogP contribution in [0.5, 0.6) is 5.75 Å². The van der Waals surface area contributed by atoms with Crippen LogP contribution in [0.1, 0.15) is 5.56 Å². The number of benzene rings is 2. The Morgan fingerprint density at radius 3 is 2.14 bits per heavy atom. The summed E-state index contributed by atoms with van der Waals surface area (Å²) in [4.78, 5) is 0.